The number of carbonyl (C=O) groups is 1. The van der Waals surface area contributed by atoms with Crippen LogP contribution < -0.4 is 4.74 Å². The van der Waals surface area contributed by atoms with Gasteiger partial charge in [-0.1, -0.05) is 58.4 Å². The molecule has 0 bridgehead atoms. The van der Waals surface area contributed by atoms with Crippen molar-refractivity contribution in [3.8, 4) is 5.75 Å². The number of hydrogen-bond donors (Lipinski definition) is 0. The minimum Gasteiger partial charge on any atom is -0.485 e. The average molecular weight is 305 g/mol. The molecular formula is C15H13BrO2. The van der Waals surface area contributed by atoms with Gasteiger partial charge in [0.2, 0.25) is 0 Å². The molecule has 0 aliphatic heterocycles. The highest BCUT2D eigenvalue weighted by Gasteiger charge is 2.05. The van der Waals surface area contributed by atoms with Crippen LogP contribution in [0.5, 0.6) is 5.75 Å². The molecule has 0 heterocycles. The first-order valence-electron chi connectivity index (χ1n) is 5.65. The van der Waals surface area contributed by atoms with Gasteiger partial charge in [-0.15, -0.1) is 0 Å². The highest BCUT2D eigenvalue weighted by molar-refractivity contribution is 9.08. The fourth-order valence-corrected chi connectivity index (χ4v) is 1.92. The molecule has 0 amide bonds. The highest BCUT2D eigenvalue weighted by atomic mass is 79.9. The summed E-state index contributed by atoms with van der Waals surface area (Å²) in [5.41, 5.74) is 1.80. The predicted molar refractivity (Wildman–Crippen MR) is 75.3 cm³/mol. The monoisotopic (exact) mass is 304 g/mol. The minimum atomic E-state index is -0.0140. The normalized spacial score (nSPS) is 10.1. The first kappa shape index (κ1) is 12.8. The van der Waals surface area contributed by atoms with E-state index >= 15 is 0 Å². The second-order valence-electron chi connectivity index (χ2n) is 3.86. The lowest BCUT2D eigenvalue weighted by atomic mass is 10.1. The Morgan fingerprint density at radius 3 is 2.56 bits per heavy atom. The van der Waals surface area contributed by atoms with Crippen molar-refractivity contribution in [2.75, 3.05) is 6.61 Å². The van der Waals surface area contributed by atoms with Gasteiger partial charge in [-0.25, -0.2) is 0 Å². The van der Waals surface area contributed by atoms with Gasteiger partial charge in [-0.2, -0.15) is 0 Å². The van der Waals surface area contributed by atoms with Gasteiger partial charge in [0.05, 0.1) is 0 Å². The van der Waals surface area contributed by atoms with Gasteiger partial charge in [-0.05, 0) is 17.7 Å². The van der Waals surface area contributed by atoms with E-state index in [1.807, 2.05) is 42.5 Å². The topological polar surface area (TPSA) is 26.3 Å². The molecule has 2 aromatic rings. The fraction of sp³-hybridized carbons (Fsp3) is 0.133. The van der Waals surface area contributed by atoms with Crippen molar-refractivity contribution in [1.82, 2.24) is 0 Å². The van der Waals surface area contributed by atoms with E-state index in [-0.39, 0.29) is 12.4 Å². The summed E-state index contributed by atoms with van der Waals surface area (Å²) in [4.78, 5) is 11.8. The summed E-state index contributed by atoms with van der Waals surface area (Å²) >= 11 is 3.39. The van der Waals surface area contributed by atoms with Crippen LogP contribution in [-0.4, -0.2) is 12.4 Å². The minimum absolute atomic E-state index is 0.0140. The molecule has 0 unspecified atom stereocenters. The van der Waals surface area contributed by atoms with Crippen LogP contribution in [0.4, 0.5) is 0 Å². The molecule has 0 aliphatic carbocycles. The lowest BCUT2D eigenvalue weighted by molar-refractivity contribution is 0.0921. The van der Waals surface area contributed by atoms with Gasteiger partial charge in [0.25, 0.3) is 0 Å². The molecule has 2 nitrogen and oxygen atoms in total. The van der Waals surface area contributed by atoms with Gasteiger partial charge in [0.15, 0.2) is 12.4 Å². The van der Waals surface area contributed by atoms with Crippen LogP contribution in [0.25, 0.3) is 0 Å². The molecule has 0 spiro atoms. The second-order valence-corrected chi connectivity index (χ2v) is 4.42. The van der Waals surface area contributed by atoms with Crippen molar-refractivity contribution < 1.29 is 9.53 Å². The van der Waals surface area contributed by atoms with E-state index in [1.54, 1.807) is 12.1 Å². The zero-order valence-corrected chi connectivity index (χ0v) is 11.4. The van der Waals surface area contributed by atoms with E-state index in [1.165, 1.54) is 0 Å². The van der Waals surface area contributed by atoms with E-state index in [2.05, 4.69) is 15.9 Å². The summed E-state index contributed by atoms with van der Waals surface area (Å²) in [5.74, 6) is 0.705. The standard InChI is InChI=1S/C15H13BrO2/c16-10-12-5-4-8-14(9-12)18-11-15(17)13-6-2-1-3-7-13/h1-9H,10-11H2. The number of Topliss-reactive ketones (excluding diaryl/α,β-unsaturated/α-hetero) is 1. The number of hydrogen-bond acceptors (Lipinski definition) is 2. The summed E-state index contributed by atoms with van der Waals surface area (Å²) < 4.78 is 5.49. The Labute approximate surface area is 115 Å². The lowest BCUT2D eigenvalue weighted by Crippen LogP contribution is -2.11. The molecule has 0 saturated carbocycles. The van der Waals surface area contributed by atoms with E-state index in [9.17, 15) is 4.79 Å². The van der Waals surface area contributed by atoms with Crippen molar-refractivity contribution >= 4 is 21.7 Å². The van der Waals surface area contributed by atoms with Gasteiger partial charge >= 0.3 is 0 Å². The molecule has 92 valence electrons. The van der Waals surface area contributed by atoms with Crippen molar-refractivity contribution in [2.24, 2.45) is 0 Å². The summed E-state index contributed by atoms with van der Waals surface area (Å²) in [6.07, 6.45) is 0. The van der Waals surface area contributed by atoms with E-state index in [0.717, 1.165) is 16.6 Å². The molecule has 0 aliphatic rings. The molecule has 2 rings (SSSR count). The van der Waals surface area contributed by atoms with Crippen LogP contribution in [0.3, 0.4) is 0 Å². The van der Waals surface area contributed by atoms with Gasteiger partial charge in [0, 0.05) is 10.9 Å². The summed E-state index contributed by atoms with van der Waals surface area (Å²) in [7, 11) is 0. The Balaban J connectivity index is 1.97. The Morgan fingerprint density at radius 1 is 1.06 bits per heavy atom. The largest absolute Gasteiger partial charge is 0.485 e. The van der Waals surface area contributed by atoms with Gasteiger partial charge in [0.1, 0.15) is 5.75 Å². The van der Waals surface area contributed by atoms with Crippen LogP contribution in [-0.2, 0) is 5.33 Å². The Morgan fingerprint density at radius 2 is 1.83 bits per heavy atom. The molecule has 0 fully saturated rings. The number of rotatable bonds is 5. The molecule has 0 aromatic heterocycles. The van der Waals surface area contributed by atoms with Crippen LogP contribution in [0.1, 0.15) is 15.9 Å². The number of ether oxygens (including phenoxy) is 1. The first-order valence-corrected chi connectivity index (χ1v) is 6.77. The smallest absolute Gasteiger partial charge is 0.200 e. The molecule has 2 aromatic carbocycles. The third kappa shape index (κ3) is 3.44. The fourth-order valence-electron chi connectivity index (χ4n) is 1.57. The molecule has 0 atom stereocenters. The Hall–Kier alpha value is -1.61. The molecule has 0 radical (unpaired) electrons. The third-order valence-electron chi connectivity index (χ3n) is 2.52. The zero-order chi connectivity index (χ0) is 12.8. The first-order chi connectivity index (χ1) is 8.79. The van der Waals surface area contributed by atoms with Crippen LogP contribution in [0.15, 0.2) is 54.6 Å². The number of benzene rings is 2. The summed E-state index contributed by atoms with van der Waals surface area (Å²) in [6.45, 7) is 0.0652. The van der Waals surface area contributed by atoms with E-state index in [0.29, 0.717) is 5.56 Å². The third-order valence-corrected chi connectivity index (χ3v) is 3.17. The molecule has 3 heteroatoms. The maximum absolute atomic E-state index is 11.8. The maximum Gasteiger partial charge on any atom is 0.200 e. The van der Waals surface area contributed by atoms with Crippen molar-refractivity contribution in [2.45, 2.75) is 5.33 Å². The average Bonchev–Trinajstić information content (AvgIpc) is 2.46. The Kier molecular flexibility index (Phi) is 4.53. The number of alkyl halides is 1. The number of halogens is 1. The van der Waals surface area contributed by atoms with Gasteiger partial charge in [-0.3, -0.25) is 4.79 Å². The quantitative estimate of drug-likeness (QED) is 0.619. The van der Waals surface area contributed by atoms with Crippen LogP contribution >= 0.6 is 15.9 Å². The SMILES string of the molecule is O=C(COc1cccc(CBr)c1)c1ccccc1. The highest BCUT2D eigenvalue weighted by Crippen LogP contribution is 2.15. The lowest BCUT2D eigenvalue weighted by Gasteiger charge is -2.06. The molecule has 18 heavy (non-hydrogen) atoms. The number of carbonyl (C=O) groups excluding carboxylic acids is 1. The molecular weight excluding hydrogens is 292 g/mol. The predicted octanol–water partition coefficient (Wildman–Crippen LogP) is 3.84. The molecule has 0 N–H and O–H groups in total. The summed E-state index contributed by atoms with van der Waals surface area (Å²) in [5, 5.41) is 0.775. The molecule has 0 saturated heterocycles. The maximum atomic E-state index is 11.8. The Bertz CT molecular complexity index is 523. The van der Waals surface area contributed by atoms with Crippen LogP contribution in [0.2, 0.25) is 0 Å². The van der Waals surface area contributed by atoms with Crippen molar-refractivity contribution in [3.63, 3.8) is 0 Å². The second kappa shape index (κ2) is 6.36. The summed E-state index contributed by atoms with van der Waals surface area (Å²) in [6, 6.07) is 16.9. The zero-order valence-electron chi connectivity index (χ0n) is 9.80. The van der Waals surface area contributed by atoms with Crippen molar-refractivity contribution in [1.29, 1.82) is 0 Å². The number of ketones is 1. The van der Waals surface area contributed by atoms with Crippen LogP contribution in [0, 0.1) is 0 Å². The van der Waals surface area contributed by atoms with Gasteiger partial charge < -0.3 is 4.74 Å². The van der Waals surface area contributed by atoms with Crippen molar-refractivity contribution in [3.05, 3.63) is 65.7 Å². The van der Waals surface area contributed by atoms with E-state index in [4.69, 9.17) is 4.74 Å². The van der Waals surface area contributed by atoms with E-state index < -0.39 is 0 Å².